The number of phenols is 3. The summed E-state index contributed by atoms with van der Waals surface area (Å²) < 4.78 is 9.73. The molecule has 10 heteroatoms. The average molecular weight is 332 g/mol. The lowest BCUT2D eigenvalue weighted by Crippen LogP contribution is -2.59. The number of ether oxygens (including phenoxy) is 2. The van der Waals surface area contributed by atoms with Crippen molar-refractivity contribution >= 4 is 5.97 Å². The van der Waals surface area contributed by atoms with E-state index in [9.17, 15) is 35.4 Å². The Morgan fingerprint density at radius 2 is 1.65 bits per heavy atom. The maximum Gasteiger partial charge on any atom is 0.338 e. The molecule has 23 heavy (non-hydrogen) atoms. The van der Waals surface area contributed by atoms with E-state index in [0.717, 1.165) is 12.1 Å². The van der Waals surface area contributed by atoms with Gasteiger partial charge in [0.1, 0.15) is 18.3 Å². The highest BCUT2D eigenvalue weighted by Crippen LogP contribution is 2.36. The monoisotopic (exact) mass is 332 g/mol. The Bertz CT molecular complexity index is 563. The number of rotatable bonds is 3. The van der Waals surface area contributed by atoms with Gasteiger partial charge in [0, 0.05) is 0 Å². The molecule has 0 saturated carbocycles. The fourth-order valence-electron chi connectivity index (χ4n) is 2.13. The second-order valence-electron chi connectivity index (χ2n) is 4.96. The van der Waals surface area contributed by atoms with Crippen LogP contribution in [0.1, 0.15) is 10.4 Å². The molecule has 10 nitrogen and oxygen atoms in total. The van der Waals surface area contributed by atoms with Crippen LogP contribution < -0.4 is 0 Å². The van der Waals surface area contributed by atoms with Crippen molar-refractivity contribution in [2.75, 3.05) is 6.61 Å². The van der Waals surface area contributed by atoms with E-state index in [1.54, 1.807) is 0 Å². The second kappa shape index (κ2) is 6.56. The number of aliphatic hydroxyl groups is 4. The maximum absolute atomic E-state index is 12.0. The Balaban J connectivity index is 2.21. The van der Waals surface area contributed by atoms with Gasteiger partial charge < -0.3 is 45.2 Å². The highest BCUT2D eigenvalue weighted by atomic mass is 16.7. The molecule has 1 aromatic rings. The van der Waals surface area contributed by atoms with Gasteiger partial charge >= 0.3 is 5.97 Å². The Morgan fingerprint density at radius 3 is 2.17 bits per heavy atom. The van der Waals surface area contributed by atoms with Crippen molar-refractivity contribution in [3.63, 3.8) is 0 Å². The van der Waals surface area contributed by atoms with Crippen LogP contribution in [0, 0.1) is 0 Å². The third-order valence-electron chi connectivity index (χ3n) is 3.39. The molecule has 5 atom stereocenters. The molecule has 7 N–H and O–H groups in total. The van der Waals surface area contributed by atoms with Crippen LogP contribution in [0.2, 0.25) is 0 Å². The zero-order valence-corrected chi connectivity index (χ0v) is 11.6. The highest BCUT2D eigenvalue weighted by Gasteiger charge is 2.46. The number of esters is 1. The van der Waals surface area contributed by atoms with Crippen LogP contribution in [-0.4, -0.2) is 79.0 Å². The van der Waals surface area contributed by atoms with Crippen LogP contribution in [0.5, 0.6) is 17.2 Å². The van der Waals surface area contributed by atoms with Crippen LogP contribution in [-0.2, 0) is 9.47 Å². The van der Waals surface area contributed by atoms with E-state index >= 15 is 0 Å². The third kappa shape index (κ3) is 3.30. The van der Waals surface area contributed by atoms with Crippen molar-refractivity contribution in [1.29, 1.82) is 0 Å². The summed E-state index contributed by atoms with van der Waals surface area (Å²) >= 11 is 0. The van der Waals surface area contributed by atoms with Gasteiger partial charge in [0.2, 0.25) is 0 Å². The largest absolute Gasteiger partial charge is 0.504 e. The van der Waals surface area contributed by atoms with E-state index in [4.69, 9.17) is 14.6 Å². The predicted octanol–water partition coefficient (Wildman–Crippen LogP) is -2.24. The van der Waals surface area contributed by atoms with Crippen molar-refractivity contribution in [1.82, 2.24) is 0 Å². The third-order valence-corrected chi connectivity index (χ3v) is 3.39. The molecule has 1 aromatic carbocycles. The standard InChI is InChI=1S/C13H16O10/c14-3-7-11(9(18)10(19)13(21)22-7)23-12(20)4-1-5(15)8(17)6(16)2-4/h1-2,7,9-11,13-19,21H,3H2. The Labute approximate surface area is 129 Å². The molecule has 0 aromatic heterocycles. The van der Waals surface area contributed by atoms with Crippen molar-refractivity contribution in [2.45, 2.75) is 30.7 Å². The number of carbonyl (C=O) groups excluding carboxylic acids is 1. The van der Waals surface area contributed by atoms with Crippen molar-refractivity contribution in [3.05, 3.63) is 17.7 Å². The van der Waals surface area contributed by atoms with Crippen LogP contribution in [0.3, 0.4) is 0 Å². The van der Waals surface area contributed by atoms with Crippen molar-refractivity contribution < 1.29 is 50.0 Å². The summed E-state index contributed by atoms with van der Waals surface area (Å²) in [6.45, 7) is -0.717. The maximum atomic E-state index is 12.0. The van der Waals surface area contributed by atoms with Crippen molar-refractivity contribution in [2.24, 2.45) is 0 Å². The normalized spacial score (nSPS) is 30.9. The van der Waals surface area contributed by atoms with Crippen LogP contribution in [0.15, 0.2) is 12.1 Å². The summed E-state index contributed by atoms with van der Waals surface area (Å²) in [5.41, 5.74) is -0.359. The molecule has 0 amide bonds. The van der Waals surface area contributed by atoms with Gasteiger partial charge in [-0.25, -0.2) is 4.79 Å². The minimum absolute atomic E-state index is 0.359. The topological polar surface area (TPSA) is 177 Å². The van der Waals surface area contributed by atoms with E-state index in [2.05, 4.69) is 0 Å². The number of hydrogen-bond donors (Lipinski definition) is 7. The van der Waals surface area contributed by atoms with E-state index in [1.165, 1.54) is 0 Å². The number of phenolic OH excluding ortho intramolecular Hbond substituents is 3. The first kappa shape index (κ1) is 17.2. The fraction of sp³-hybridized carbons (Fsp3) is 0.462. The van der Waals surface area contributed by atoms with Gasteiger partial charge in [0.05, 0.1) is 12.2 Å². The number of aromatic hydroxyl groups is 3. The first-order valence-electron chi connectivity index (χ1n) is 6.52. The number of benzene rings is 1. The summed E-state index contributed by atoms with van der Waals surface area (Å²) in [7, 11) is 0. The second-order valence-corrected chi connectivity index (χ2v) is 4.96. The first-order valence-corrected chi connectivity index (χ1v) is 6.52. The molecular formula is C13H16O10. The lowest BCUT2D eigenvalue weighted by atomic mass is 9.99. The summed E-state index contributed by atoms with van der Waals surface area (Å²) in [5.74, 6) is -3.50. The van der Waals surface area contributed by atoms with E-state index < -0.39 is 60.5 Å². The minimum Gasteiger partial charge on any atom is -0.504 e. The van der Waals surface area contributed by atoms with Crippen molar-refractivity contribution in [3.8, 4) is 17.2 Å². The fourth-order valence-corrected chi connectivity index (χ4v) is 2.13. The smallest absolute Gasteiger partial charge is 0.338 e. The van der Waals surface area contributed by atoms with Gasteiger partial charge in [-0.2, -0.15) is 0 Å². The first-order chi connectivity index (χ1) is 10.8. The zero-order chi connectivity index (χ0) is 17.3. The lowest BCUT2D eigenvalue weighted by molar-refractivity contribution is -0.285. The molecule has 1 fully saturated rings. The summed E-state index contributed by atoms with van der Waals surface area (Å²) in [5, 5.41) is 65.8. The minimum atomic E-state index is -1.77. The molecule has 5 unspecified atom stereocenters. The van der Waals surface area contributed by atoms with Gasteiger partial charge in [-0.05, 0) is 12.1 Å². The quantitative estimate of drug-likeness (QED) is 0.236. The van der Waals surface area contributed by atoms with Gasteiger partial charge in [-0.3, -0.25) is 0 Å². The number of aliphatic hydroxyl groups excluding tert-OH is 4. The molecule has 1 saturated heterocycles. The lowest BCUT2D eigenvalue weighted by Gasteiger charge is -2.39. The Hall–Kier alpha value is -2.11. The molecule has 1 aliphatic heterocycles. The van der Waals surface area contributed by atoms with E-state index in [0.29, 0.717) is 0 Å². The Kier molecular flexibility index (Phi) is 4.92. The van der Waals surface area contributed by atoms with Gasteiger partial charge in [0.15, 0.2) is 29.6 Å². The summed E-state index contributed by atoms with van der Waals surface area (Å²) in [6.07, 6.45) is -8.08. The van der Waals surface area contributed by atoms with Crippen LogP contribution >= 0.6 is 0 Å². The van der Waals surface area contributed by atoms with Crippen LogP contribution in [0.25, 0.3) is 0 Å². The number of hydrogen-bond acceptors (Lipinski definition) is 10. The molecule has 1 aliphatic rings. The zero-order valence-electron chi connectivity index (χ0n) is 11.6. The van der Waals surface area contributed by atoms with Crippen LogP contribution in [0.4, 0.5) is 0 Å². The highest BCUT2D eigenvalue weighted by molar-refractivity contribution is 5.91. The SMILES string of the molecule is O=C(OC1C(CO)OC(O)C(O)C1O)c1cc(O)c(O)c(O)c1. The predicted molar refractivity (Wildman–Crippen MR) is 70.6 cm³/mol. The van der Waals surface area contributed by atoms with Gasteiger partial charge in [-0.15, -0.1) is 0 Å². The number of carbonyl (C=O) groups is 1. The summed E-state index contributed by atoms with van der Waals surface area (Å²) in [6, 6.07) is 1.62. The molecule has 1 heterocycles. The molecule has 0 radical (unpaired) electrons. The van der Waals surface area contributed by atoms with Gasteiger partial charge in [0.25, 0.3) is 0 Å². The molecule has 0 aliphatic carbocycles. The Morgan fingerprint density at radius 1 is 1.09 bits per heavy atom. The molecule has 128 valence electrons. The van der Waals surface area contributed by atoms with Gasteiger partial charge in [-0.1, -0.05) is 0 Å². The van der Waals surface area contributed by atoms with E-state index in [1.807, 2.05) is 0 Å². The molecular weight excluding hydrogens is 316 g/mol. The molecule has 2 rings (SSSR count). The molecule has 0 bridgehead atoms. The summed E-state index contributed by atoms with van der Waals surface area (Å²) in [4.78, 5) is 12.0. The average Bonchev–Trinajstić information content (AvgIpc) is 2.52. The van der Waals surface area contributed by atoms with E-state index in [-0.39, 0.29) is 5.56 Å². The molecule has 0 spiro atoms.